The Labute approximate surface area is 153 Å². The topological polar surface area (TPSA) is 69.5 Å². The highest BCUT2D eigenvalue weighted by molar-refractivity contribution is 5.69. The van der Waals surface area contributed by atoms with Crippen LogP contribution in [0.2, 0.25) is 0 Å². The van der Waals surface area contributed by atoms with Gasteiger partial charge in [0.1, 0.15) is 5.60 Å². The van der Waals surface area contributed by atoms with Crippen LogP contribution < -0.4 is 0 Å². The van der Waals surface area contributed by atoms with Crippen LogP contribution in [0.25, 0.3) is 11.3 Å². The smallest absolute Gasteiger partial charge is 0.410 e. The second-order valence-corrected chi connectivity index (χ2v) is 7.47. The molecule has 3 rings (SSSR count). The number of carbonyl (C=O) groups is 1. The van der Waals surface area contributed by atoms with E-state index in [-0.39, 0.29) is 6.09 Å². The molecule has 1 aliphatic rings. The zero-order valence-corrected chi connectivity index (χ0v) is 15.9. The Morgan fingerprint density at radius 1 is 1.27 bits per heavy atom. The molecule has 140 valence electrons. The van der Waals surface area contributed by atoms with Gasteiger partial charge in [-0.15, -0.1) is 5.10 Å². The summed E-state index contributed by atoms with van der Waals surface area (Å²) in [6, 6.07) is 6.34. The van der Waals surface area contributed by atoms with Gasteiger partial charge >= 0.3 is 6.09 Å². The molecule has 2 heterocycles. The predicted molar refractivity (Wildman–Crippen MR) is 97.7 cm³/mol. The summed E-state index contributed by atoms with van der Waals surface area (Å²) in [5, 5.41) is 8.15. The van der Waals surface area contributed by atoms with Crippen molar-refractivity contribution in [3.05, 3.63) is 35.5 Å². The van der Waals surface area contributed by atoms with Crippen molar-refractivity contribution in [3.8, 4) is 11.3 Å². The number of hydrogen-bond donors (Lipinski definition) is 0. The van der Waals surface area contributed by atoms with E-state index in [4.69, 9.17) is 9.47 Å². The molecule has 1 aliphatic heterocycles. The quantitative estimate of drug-likeness (QED) is 0.840. The fraction of sp³-hybridized carbons (Fsp3) is 0.526. The maximum atomic E-state index is 12.4. The van der Waals surface area contributed by atoms with Crippen LogP contribution in [-0.4, -0.2) is 51.8 Å². The standard InChI is InChI=1S/C19H26N4O3/c1-19(2,3)26-18(24)22-8-7-14-5-6-15(11-16(14)13-22)17-12-20-21-23(17)9-10-25-4/h5-6,11-12H,7-10,13H2,1-4H3. The third kappa shape index (κ3) is 4.22. The molecule has 7 nitrogen and oxygen atoms in total. The first-order chi connectivity index (χ1) is 12.4. The predicted octanol–water partition coefficient (Wildman–Crippen LogP) is 2.88. The summed E-state index contributed by atoms with van der Waals surface area (Å²) >= 11 is 0. The lowest BCUT2D eigenvalue weighted by Crippen LogP contribution is -2.39. The number of amides is 1. The number of nitrogens with zero attached hydrogens (tertiary/aromatic N) is 4. The van der Waals surface area contributed by atoms with Gasteiger partial charge in [-0.1, -0.05) is 17.3 Å². The summed E-state index contributed by atoms with van der Waals surface area (Å²) in [6.45, 7) is 8.10. The molecular formula is C19H26N4O3. The van der Waals surface area contributed by atoms with Gasteiger partial charge in [-0.2, -0.15) is 0 Å². The van der Waals surface area contributed by atoms with Gasteiger partial charge in [0.15, 0.2) is 0 Å². The lowest BCUT2D eigenvalue weighted by molar-refractivity contribution is 0.0224. The SMILES string of the molecule is COCCn1nncc1-c1ccc2c(c1)CN(C(=O)OC(C)(C)C)CC2. The maximum absolute atomic E-state index is 12.4. The lowest BCUT2D eigenvalue weighted by Gasteiger charge is -2.31. The van der Waals surface area contributed by atoms with Crippen molar-refractivity contribution in [2.75, 3.05) is 20.3 Å². The van der Waals surface area contributed by atoms with E-state index in [1.165, 1.54) is 5.56 Å². The van der Waals surface area contributed by atoms with Gasteiger partial charge in [-0.25, -0.2) is 9.48 Å². The molecule has 1 amide bonds. The molecule has 0 fully saturated rings. The van der Waals surface area contributed by atoms with Crippen LogP contribution in [0.5, 0.6) is 0 Å². The zero-order chi connectivity index (χ0) is 18.7. The highest BCUT2D eigenvalue weighted by atomic mass is 16.6. The van der Waals surface area contributed by atoms with Crippen LogP contribution >= 0.6 is 0 Å². The number of carbonyl (C=O) groups excluding carboxylic acids is 1. The first kappa shape index (κ1) is 18.4. The fourth-order valence-corrected chi connectivity index (χ4v) is 3.02. The molecule has 2 aromatic rings. The van der Waals surface area contributed by atoms with Crippen LogP contribution in [0.4, 0.5) is 4.79 Å². The second-order valence-electron chi connectivity index (χ2n) is 7.47. The van der Waals surface area contributed by atoms with E-state index < -0.39 is 5.60 Å². The molecule has 0 bridgehead atoms. The van der Waals surface area contributed by atoms with E-state index in [2.05, 4.69) is 28.5 Å². The molecule has 7 heteroatoms. The van der Waals surface area contributed by atoms with Gasteiger partial charge in [-0.3, -0.25) is 0 Å². The molecule has 0 spiro atoms. The third-order valence-corrected chi connectivity index (χ3v) is 4.29. The first-order valence-corrected chi connectivity index (χ1v) is 8.85. The van der Waals surface area contributed by atoms with Gasteiger partial charge in [0.25, 0.3) is 0 Å². The molecule has 0 N–H and O–H groups in total. The Bertz CT molecular complexity index is 779. The Morgan fingerprint density at radius 3 is 2.81 bits per heavy atom. The molecule has 1 aromatic carbocycles. The van der Waals surface area contributed by atoms with Crippen molar-refractivity contribution in [2.45, 2.75) is 45.9 Å². The molecule has 0 saturated heterocycles. The van der Waals surface area contributed by atoms with Crippen molar-refractivity contribution >= 4 is 6.09 Å². The third-order valence-electron chi connectivity index (χ3n) is 4.29. The zero-order valence-electron chi connectivity index (χ0n) is 15.9. The molecule has 0 unspecified atom stereocenters. The summed E-state index contributed by atoms with van der Waals surface area (Å²) in [5.41, 5.74) is 3.90. The maximum Gasteiger partial charge on any atom is 0.410 e. The molecule has 1 aromatic heterocycles. The number of hydrogen-bond acceptors (Lipinski definition) is 5. The number of benzene rings is 1. The van der Waals surface area contributed by atoms with Crippen molar-refractivity contribution in [1.82, 2.24) is 19.9 Å². The van der Waals surface area contributed by atoms with Crippen LogP contribution in [0.15, 0.2) is 24.4 Å². The Morgan fingerprint density at radius 2 is 2.08 bits per heavy atom. The normalized spacial score (nSPS) is 14.2. The highest BCUT2D eigenvalue weighted by Gasteiger charge is 2.26. The Balaban J connectivity index is 1.80. The molecular weight excluding hydrogens is 332 g/mol. The second kappa shape index (κ2) is 7.45. The van der Waals surface area contributed by atoms with Crippen molar-refractivity contribution in [3.63, 3.8) is 0 Å². The Kier molecular flexibility index (Phi) is 5.27. The Hall–Kier alpha value is -2.41. The first-order valence-electron chi connectivity index (χ1n) is 8.85. The summed E-state index contributed by atoms with van der Waals surface area (Å²) < 4.78 is 12.5. The number of aromatic nitrogens is 3. The molecule has 0 saturated carbocycles. The average molecular weight is 358 g/mol. The number of rotatable bonds is 4. The fourth-order valence-electron chi connectivity index (χ4n) is 3.02. The summed E-state index contributed by atoms with van der Waals surface area (Å²) in [6.07, 6.45) is 2.32. The van der Waals surface area contributed by atoms with Crippen LogP contribution in [-0.2, 0) is 29.0 Å². The summed E-state index contributed by atoms with van der Waals surface area (Å²) in [5.74, 6) is 0. The molecule has 0 aliphatic carbocycles. The van der Waals surface area contributed by atoms with E-state index in [1.54, 1.807) is 18.2 Å². The summed E-state index contributed by atoms with van der Waals surface area (Å²) in [7, 11) is 1.67. The van der Waals surface area contributed by atoms with Crippen LogP contribution in [0, 0.1) is 0 Å². The van der Waals surface area contributed by atoms with E-state index in [0.29, 0.717) is 26.2 Å². The van der Waals surface area contributed by atoms with Crippen molar-refractivity contribution in [1.29, 1.82) is 0 Å². The van der Waals surface area contributed by atoms with Crippen molar-refractivity contribution < 1.29 is 14.3 Å². The van der Waals surface area contributed by atoms with Gasteiger partial charge in [-0.05, 0) is 44.4 Å². The van der Waals surface area contributed by atoms with Gasteiger partial charge in [0.05, 0.1) is 25.0 Å². The molecule has 26 heavy (non-hydrogen) atoms. The van der Waals surface area contributed by atoms with Gasteiger partial charge in [0, 0.05) is 25.8 Å². The molecule has 0 atom stereocenters. The average Bonchev–Trinajstić information content (AvgIpc) is 3.06. The van der Waals surface area contributed by atoms with Gasteiger partial charge < -0.3 is 14.4 Å². The van der Waals surface area contributed by atoms with Gasteiger partial charge in [0.2, 0.25) is 0 Å². The minimum atomic E-state index is -0.487. The van der Waals surface area contributed by atoms with E-state index in [0.717, 1.165) is 23.2 Å². The number of ether oxygens (including phenoxy) is 2. The monoisotopic (exact) mass is 358 g/mol. The van der Waals surface area contributed by atoms with Crippen LogP contribution in [0.3, 0.4) is 0 Å². The summed E-state index contributed by atoms with van der Waals surface area (Å²) in [4.78, 5) is 14.1. The number of fused-ring (bicyclic) bond motifs is 1. The number of methoxy groups -OCH3 is 1. The van der Waals surface area contributed by atoms with E-state index in [9.17, 15) is 4.79 Å². The van der Waals surface area contributed by atoms with E-state index >= 15 is 0 Å². The minimum absolute atomic E-state index is 0.264. The highest BCUT2D eigenvalue weighted by Crippen LogP contribution is 2.26. The van der Waals surface area contributed by atoms with E-state index in [1.807, 2.05) is 25.5 Å². The lowest BCUT2D eigenvalue weighted by atomic mass is 9.96. The largest absolute Gasteiger partial charge is 0.444 e. The van der Waals surface area contributed by atoms with Crippen molar-refractivity contribution in [2.24, 2.45) is 0 Å². The molecule has 0 radical (unpaired) electrons. The van der Waals surface area contributed by atoms with Crippen LogP contribution in [0.1, 0.15) is 31.9 Å². The minimum Gasteiger partial charge on any atom is -0.444 e.